The molecule has 0 fully saturated rings. The molecule has 2 heterocycles. The maximum atomic E-state index is 13.2. The van der Waals surface area contributed by atoms with Crippen molar-refractivity contribution in [2.45, 2.75) is 25.2 Å². The fourth-order valence-electron chi connectivity index (χ4n) is 5.54. The Morgan fingerprint density at radius 1 is 0.907 bits per heavy atom. The van der Waals surface area contributed by atoms with E-state index in [0.29, 0.717) is 36.4 Å². The number of pyridine rings is 1. The topological polar surface area (TPSA) is 85.5 Å². The number of nitrogens with two attached hydrogens (primary N) is 1. The molecule has 43 heavy (non-hydrogen) atoms. The molecule has 1 unspecified atom stereocenters. The van der Waals surface area contributed by atoms with Crippen molar-refractivity contribution < 1.29 is 27.5 Å². The monoisotopic (exact) mass is 581 g/mol. The van der Waals surface area contributed by atoms with Gasteiger partial charge in [-0.3, -0.25) is 14.7 Å². The Hall–Kier alpha value is -5.02. The van der Waals surface area contributed by atoms with Gasteiger partial charge in [0, 0.05) is 18.5 Å². The minimum atomic E-state index is -4.46. The maximum absolute atomic E-state index is 13.2. The Morgan fingerprint density at radius 2 is 1.65 bits per heavy atom. The van der Waals surface area contributed by atoms with Crippen molar-refractivity contribution in [3.8, 4) is 16.9 Å². The highest BCUT2D eigenvalue weighted by Crippen LogP contribution is 2.35. The fraction of sp³-hybridized carbons (Fsp3) is 0.147. The van der Waals surface area contributed by atoms with E-state index in [-0.39, 0.29) is 5.56 Å². The first-order valence-electron chi connectivity index (χ1n) is 13.7. The van der Waals surface area contributed by atoms with Crippen LogP contribution in [0.15, 0.2) is 103 Å². The van der Waals surface area contributed by atoms with Crippen LogP contribution in [-0.4, -0.2) is 28.3 Å². The number of nitrogens with zero attached hydrogens (tertiary/aromatic N) is 2. The number of hydrogen-bond acceptors (Lipinski definition) is 5. The molecular formula is C34H26F3N3O3. The van der Waals surface area contributed by atoms with Crippen LogP contribution in [0.3, 0.4) is 0 Å². The number of primary amides is 1. The third-order valence-corrected chi connectivity index (χ3v) is 7.61. The van der Waals surface area contributed by atoms with Crippen molar-refractivity contribution in [3.05, 3.63) is 131 Å². The Kier molecular flexibility index (Phi) is 7.41. The maximum Gasteiger partial charge on any atom is 0.416 e. The van der Waals surface area contributed by atoms with Crippen molar-refractivity contribution in [1.82, 2.24) is 9.88 Å². The van der Waals surface area contributed by atoms with E-state index in [1.165, 1.54) is 12.1 Å². The highest BCUT2D eigenvalue weighted by molar-refractivity contribution is 5.98. The molecule has 1 aliphatic rings. The summed E-state index contributed by atoms with van der Waals surface area (Å²) in [5.74, 6) is -0.850. The molecule has 9 heteroatoms. The number of halogens is 3. The molecule has 0 radical (unpaired) electrons. The number of benzene rings is 4. The summed E-state index contributed by atoms with van der Waals surface area (Å²) in [5.41, 5.74) is 9.49. The van der Waals surface area contributed by atoms with Crippen LogP contribution in [0, 0.1) is 0 Å². The van der Waals surface area contributed by atoms with Crippen molar-refractivity contribution >= 4 is 22.8 Å². The Labute approximate surface area is 245 Å². The predicted octanol–water partition coefficient (Wildman–Crippen LogP) is 6.72. The number of carbonyl (C=O) groups is 2. The van der Waals surface area contributed by atoms with E-state index in [2.05, 4.69) is 0 Å². The number of para-hydroxylation sites is 1. The minimum absolute atomic E-state index is 0.212. The first-order valence-corrected chi connectivity index (χ1v) is 13.7. The fourth-order valence-corrected chi connectivity index (χ4v) is 5.54. The quantitative estimate of drug-likeness (QED) is 0.178. The summed E-state index contributed by atoms with van der Waals surface area (Å²) in [4.78, 5) is 32.6. The molecule has 1 atom stereocenters. The van der Waals surface area contributed by atoms with Crippen LogP contribution in [0.1, 0.15) is 38.8 Å². The molecule has 0 saturated heterocycles. The Morgan fingerprint density at radius 3 is 2.42 bits per heavy atom. The molecule has 6 nitrogen and oxygen atoms in total. The first-order chi connectivity index (χ1) is 20.7. The molecule has 4 aromatic carbocycles. The lowest BCUT2D eigenvalue weighted by Gasteiger charge is -2.35. The van der Waals surface area contributed by atoms with Gasteiger partial charge in [-0.2, -0.15) is 13.2 Å². The lowest BCUT2D eigenvalue weighted by molar-refractivity contribution is -0.137. The summed E-state index contributed by atoms with van der Waals surface area (Å²) in [6.07, 6.45) is -3.86. The standard InChI is InChI=1S/C34H26F3N3O3/c35-34(36,37)24-12-9-21(10-13-24)27-6-2-3-7-29(27)33(42)43-26-15-16-28-23(19-26)17-18-40(31(28)32(38)41)20-25-14-11-22-5-1-4-8-30(22)39-25/h1-16,19,31H,17-18,20H2,(H2,38,41). The van der Waals surface area contributed by atoms with Gasteiger partial charge in [0.2, 0.25) is 5.91 Å². The second-order valence-electron chi connectivity index (χ2n) is 10.4. The van der Waals surface area contributed by atoms with Gasteiger partial charge in [-0.25, -0.2) is 4.79 Å². The summed E-state index contributed by atoms with van der Waals surface area (Å²) in [7, 11) is 0. The molecular weight excluding hydrogens is 555 g/mol. The lowest BCUT2D eigenvalue weighted by atomic mass is 9.91. The molecule has 0 bridgehead atoms. The van der Waals surface area contributed by atoms with Crippen molar-refractivity contribution in [3.63, 3.8) is 0 Å². The van der Waals surface area contributed by atoms with Crippen LogP contribution < -0.4 is 10.5 Å². The van der Waals surface area contributed by atoms with Gasteiger partial charge < -0.3 is 10.5 Å². The number of amides is 1. The Balaban J connectivity index is 1.22. The molecule has 0 spiro atoms. The van der Waals surface area contributed by atoms with Gasteiger partial charge in [0.05, 0.1) is 22.3 Å². The molecule has 5 aromatic rings. The summed E-state index contributed by atoms with van der Waals surface area (Å²) in [6, 6.07) is 27.4. The van der Waals surface area contributed by atoms with E-state index in [1.807, 2.05) is 41.3 Å². The minimum Gasteiger partial charge on any atom is -0.423 e. The number of ether oxygens (including phenoxy) is 1. The molecule has 0 saturated carbocycles. The number of aromatic nitrogens is 1. The molecule has 0 aliphatic carbocycles. The molecule has 1 aromatic heterocycles. The van der Waals surface area contributed by atoms with E-state index >= 15 is 0 Å². The lowest BCUT2D eigenvalue weighted by Crippen LogP contribution is -2.42. The van der Waals surface area contributed by atoms with Crippen LogP contribution in [-0.2, 0) is 23.9 Å². The summed E-state index contributed by atoms with van der Waals surface area (Å²) < 4.78 is 44.8. The number of hydrogen-bond donors (Lipinski definition) is 1. The molecule has 1 aliphatic heterocycles. The predicted molar refractivity (Wildman–Crippen MR) is 156 cm³/mol. The van der Waals surface area contributed by atoms with Crippen LogP contribution in [0.25, 0.3) is 22.0 Å². The zero-order valence-corrected chi connectivity index (χ0v) is 22.8. The third kappa shape index (κ3) is 5.85. The van der Waals surface area contributed by atoms with Gasteiger partial charge in [-0.15, -0.1) is 0 Å². The van der Waals surface area contributed by atoms with Gasteiger partial charge in [-0.1, -0.05) is 60.7 Å². The van der Waals surface area contributed by atoms with Gasteiger partial charge >= 0.3 is 12.1 Å². The zero-order valence-electron chi connectivity index (χ0n) is 22.8. The van der Waals surface area contributed by atoms with Crippen LogP contribution >= 0.6 is 0 Å². The van der Waals surface area contributed by atoms with Crippen LogP contribution in [0.4, 0.5) is 13.2 Å². The summed E-state index contributed by atoms with van der Waals surface area (Å²) >= 11 is 0. The van der Waals surface area contributed by atoms with E-state index < -0.39 is 29.7 Å². The SMILES string of the molecule is NC(=O)C1c2ccc(OC(=O)c3ccccc3-c3ccc(C(F)(F)F)cc3)cc2CCN1Cc1ccc2ccccc2n1. The van der Waals surface area contributed by atoms with E-state index in [1.54, 1.807) is 42.5 Å². The van der Waals surface area contributed by atoms with E-state index in [4.69, 9.17) is 15.5 Å². The number of carbonyl (C=O) groups excluding carboxylic acids is 2. The second-order valence-corrected chi connectivity index (χ2v) is 10.4. The molecule has 6 rings (SSSR count). The highest BCUT2D eigenvalue weighted by Gasteiger charge is 2.33. The van der Waals surface area contributed by atoms with Gasteiger partial charge in [0.25, 0.3) is 0 Å². The van der Waals surface area contributed by atoms with E-state index in [9.17, 15) is 22.8 Å². The average Bonchev–Trinajstić information content (AvgIpc) is 3.00. The smallest absolute Gasteiger partial charge is 0.416 e. The highest BCUT2D eigenvalue weighted by atomic mass is 19.4. The summed E-state index contributed by atoms with van der Waals surface area (Å²) in [6.45, 7) is 0.985. The number of esters is 1. The molecule has 216 valence electrons. The van der Waals surface area contributed by atoms with Crippen molar-refractivity contribution in [2.24, 2.45) is 5.73 Å². The van der Waals surface area contributed by atoms with Crippen molar-refractivity contribution in [2.75, 3.05) is 6.54 Å². The zero-order chi connectivity index (χ0) is 30.1. The van der Waals surface area contributed by atoms with Crippen LogP contribution in [0.5, 0.6) is 5.75 Å². The van der Waals surface area contributed by atoms with Gasteiger partial charge in [0.15, 0.2) is 0 Å². The van der Waals surface area contributed by atoms with Gasteiger partial charge in [-0.05, 0) is 71.1 Å². The van der Waals surface area contributed by atoms with Gasteiger partial charge in [0.1, 0.15) is 11.8 Å². The molecule has 2 N–H and O–H groups in total. The first kappa shape index (κ1) is 28.1. The number of alkyl halides is 3. The summed E-state index contributed by atoms with van der Waals surface area (Å²) in [5, 5.41) is 1.03. The van der Waals surface area contributed by atoms with Crippen LogP contribution in [0.2, 0.25) is 0 Å². The average molecular weight is 582 g/mol. The van der Waals surface area contributed by atoms with E-state index in [0.717, 1.165) is 39.9 Å². The normalized spacial score (nSPS) is 15.2. The number of rotatable bonds is 6. The largest absolute Gasteiger partial charge is 0.423 e. The molecule has 1 amide bonds. The van der Waals surface area contributed by atoms with Crippen molar-refractivity contribution in [1.29, 1.82) is 0 Å². The number of fused-ring (bicyclic) bond motifs is 2. The second kappa shape index (κ2) is 11.3. The Bertz CT molecular complexity index is 1840. The third-order valence-electron chi connectivity index (χ3n) is 7.61.